The Morgan fingerprint density at radius 2 is 1.85 bits per heavy atom. The number of carbonyl (C=O) groups excluding carboxylic acids is 2. The monoisotopic (exact) mass is 355 g/mol. The Morgan fingerprint density at radius 3 is 2.54 bits per heavy atom. The van der Waals surface area contributed by atoms with E-state index in [9.17, 15) is 14.0 Å². The van der Waals surface area contributed by atoms with Gasteiger partial charge in [-0.15, -0.1) is 0 Å². The number of carbonyl (C=O) groups is 2. The Balaban J connectivity index is 2.07. The van der Waals surface area contributed by atoms with Gasteiger partial charge in [-0.1, -0.05) is 30.3 Å². The number of aliphatic imine (C=N–C) groups is 1. The van der Waals surface area contributed by atoms with Crippen LogP contribution < -0.4 is 10.6 Å². The summed E-state index contributed by atoms with van der Waals surface area (Å²) in [5, 5.41) is 0. The number of rotatable bonds is 4. The summed E-state index contributed by atoms with van der Waals surface area (Å²) in [6, 6.07) is 13.2. The average Bonchev–Trinajstić information content (AvgIpc) is 2.72. The molecule has 0 bridgehead atoms. The lowest BCUT2D eigenvalue weighted by atomic mass is 10.00. The molecule has 7 heteroatoms. The Labute approximate surface area is 150 Å². The largest absolute Gasteiger partial charge is 0.464 e. The van der Waals surface area contributed by atoms with Gasteiger partial charge in [-0.25, -0.2) is 4.39 Å². The molecule has 0 spiro atoms. The minimum atomic E-state index is -1.19. The van der Waals surface area contributed by atoms with E-state index in [0.29, 0.717) is 17.0 Å². The number of ether oxygens (including phenoxy) is 1. The molecule has 1 aliphatic heterocycles. The van der Waals surface area contributed by atoms with Gasteiger partial charge in [0.2, 0.25) is 0 Å². The fraction of sp³-hybridized carbons (Fsp3) is 0.211. The lowest BCUT2D eigenvalue weighted by molar-refractivity contribution is -0.141. The molecule has 0 saturated carbocycles. The molecule has 2 N–H and O–H groups in total. The Morgan fingerprint density at radius 1 is 1.19 bits per heavy atom. The molecule has 0 aliphatic carbocycles. The molecule has 2 aromatic rings. The fourth-order valence-electron chi connectivity index (χ4n) is 2.83. The molecule has 26 heavy (non-hydrogen) atoms. The van der Waals surface area contributed by atoms with Crippen LogP contribution in [-0.2, 0) is 14.3 Å². The van der Waals surface area contributed by atoms with Crippen LogP contribution in [0.1, 0.15) is 18.1 Å². The number of amides is 1. The van der Waals surface area contributed by atoms with E-state index in [0.717, 1.165) is 0 Å². The van der Waals surface area contributed by atoms with Crippen LogP contribution in [0.4, 0.5) is 10.1 Å². The summed E-state index contributed by atoms with van der Waals surface area (Å²) in [6.45, 7) is 1.45. The van der Waals surface area contributed by atoms with Crippen LogP contribution in [0.3, 0.4) is 0 Å². The van der Waals surface area contributed by atoms with Gasteiger partial charge in [-0.3, -0.25) is 14.6 Å². The summed E-state index contributed by atoms with van der Waals surface area (Å²) >= 11 is 0. The number of para-hydroxylation sites is 1. The molecule has 0 radical (unpaired) electrons. The Kier molecular flexibility index (Phi) is 5.09. The number of nitrogens with two attached hydrogens (primary N) is 1. The van der Waals surface area contributed by atoms with E-state index in [1.807, 2.05) is 0 Å². The van der Waals surface area contributed by atoms with Crippen LogP contribution in [0.5, 0.6) is 0 Å². The number of hydrogen-bond donors (Lipinski definition) is 1. The molecular formula is C19H18FN3O3. The minimum absolute atomic E-state index is 0.0250. The first-order valence-corrected chi connectivity index (χ1v) is 8.11. The number of nitrogens with zero attached hydrogens (tertiary/aromatic N) is 2. The maximum Gasteiger partial charge on any atom is 0.302 e. The van der Waals surface area contributed by atoms with E-state index < -0.39 is 23.9 Å². The Hall–Kier alpha value is -3.06. The molecular weight excluding hydrogens is 337 g/mol. The van der Waals surface area contributed by atoms with Crippen molar-refractivity contribution in [3.05, 3.63) is 65.5 Å². The second kappa shape index (κ2) is 7.45. The average molecular weight is 355 g/mol. The summed E-state index contributed by atoms with van der Waals surface area (Å²) < 4.78 is 19.3. The van der Waals surface area contributed by atoms with Crippen LogP contribution in [0.2, 0.25) is 0 Å². The highest BCUT2D eigenvalue weighted by molar-refractivity contribution is 6.20. The van der Waals surface area contributed by atoms with Crippen LogP contribution in [0.15, 0.2) is 53.5 Å². The van der Waals surface area contributed by atoms with Gasteiger partial charge in [-0.05, 0) is 18.2 Å². The first kappa shape index (κ1) is 17.8. The second-order valence-electron chi connectivity index (χ2n) is 5.75. The normalized spacial score (nSPS) is 16.6. The van der Waals surface area contributed by atoms with Crippen molar-refractivity contribution in [3.8, 4) is 0 Å². The summed E-state index contributed by atoms with van der Waals surface area (Å²) in [4.78, 5) is 29.4. The molecule has 0 aromatic heterocycles. The maximum absolute atomic E-state index is 14.3. The van der Waals surface area contributed by atoms with E-state index in [1.165, 1.54) is 17.9 Å². The molecule has 0 fully saturated rings. The van der Waals surface area contributed by atoms with Crippen LogP contribution in [-0.4, -0.2) is 36.9 Å². The predicted molar refractivity (Wildman–Crippen MR) is 95.4 cm³/mol. The van der Waals surface area contributed by atoms with Crippen molar-refractivity contribution in [3.63, 3.8) is 0 Å². The van der Waals surface area contributed by atoms with Crippen molar-refractivity contribution < 1.29 is 18.7 Å². The van der Waals surface area contributed by atoms with Gasteiger partial charge in [0.1, 0.15) is 12.4 Å². The van der Waals surface area contributed by atoms with E-state index in [2.05, 4.69) is 4.99 Å². The van der Waals surface area contributed by atoms with Crippen molar-refractivity contribution in [2.24, 2.45) is 10.7 Å². The first-order valence-electron chi connectivity index (χ1n) is 8.11. The molecule has 6 nitrogen and oxygen atoms in total. The quantitative estimate of drug-likeness (QED) is 0.849. The van der Waals surface area contributed by atoms with Crippen molar-refractivity contribution in [2.45, 2.75) is 13.1 Å². The standard InChI is InChI=1S/C19H18FN3O3/c1-12(24)26-11-10-23-16-9-5-3-7-14(16)17(22-18(21)19(23)25)13-6-2-4-8-15(13)20/h2-9,18H,10-11,21H2,1H3/t18-/m1/s1. The SMILES string of the molecule is CC(=O)OCCN1C(=O)[C@H](N)N=C(c2ccccc2F)c2ccccc21. The third-order valence-electron chi connectivity index (χ3n) is 3.99. The highest BCUT2D eigenvalue weighted by atomic mass is 19.1. The number of halogens is 1. The van der Waals surface area contributed by atoms with Crippen molar-refractivity contribution in [1.29, 1.82) is 0 Å². The second-order valence-corrected chi connectivity index (χ2v) is 5.75. The number of anilines is 1. The zero-order chi connectivity index (χ0) is 18.7. The molecule has 2 aromatic carbocycles. The third-order valence-corrected chi connectivity index (χ3v) is 3.99. The van der Waals surface area contributed by atoms with Crippen LogP contribution >= 0.6 is 0 Å². The zero-order valence-electron chi connectivity index (χ0n) is 14.2. The Bertz CT molecular complexity index is 882. The number of hydrogen-bond acceptors (Lipinski definition) is 5. The van der Waals surface area contributed by atoms with Gasteiger partial charge in [0, 0.05) is 18.1 Å². The van der Waals surface area contributed by atoms with Gasteiger partial charge >= 0.3 is 5.97 Å². The number of fused-ring (bicyclic) bond motifs is 1. The third kappa shape index (κ3) is 3.48. The van der Waals surface area contributed by atoms with E-state index in [-0.39, 0.29) is 18.7 Å². The van der Waals surface area contributed by atoms with E-state index >= 15 is 0 Å². The molecule has 1 aliphatic rings. The fourth-order valence-corrected chi connectivity index (χ4v) is 2.83. The lowest BCUT2D eigenvalue weighted by Crippen LogP contribution is -2.44. The highest BCUT2D eigenvalue weighted by Crippen LogP contribution is 2.28. The summed E-state index contributed by atoms with van der Waals surface area (Å²) in [6.07, 6.45) is -1.19. The predicted octanol–water partition coefficient (Wildman–Crippen LogP) is 1.86. The summed E-state index contributed by atoms with van der Waals surface area (Å²) in [5.74, 6) is -1.34. The summed E-state index contributed by atoms with van der Waals surface area (Å²) in [5.41, 5.74) is 7.66. The minimum Gasteiger partial charge on any atom is -0.464 e. The maximum atomic E-state index is 14.3. The summed E-state index contributed by atoms with van der Waals surface area (Å²) in [7, 11) is 0. The molecule has 0 unspecified atom stereocenters. The van der Waals surface area contributed by atoms with E-state index in [4.69, 9.17) is 10.5 Å². The van der Waals surface area contributed by atoms with Gasteiger partial charge in [0.15, 0.2) is 6.17 Å². The zero-order valence-corrected chi connectivity index (χ0v) is 14.2. The smallest absolute Gasteiger partial charge is 0.302 e. The van der Waals surface area contributed by atoms with Crippen molar-refractivity contribution >= 4 is 23.3 Å². The van der Waals surface area contributed by atoms with Gasteiger partial charge in [0.25, 0.3) is 5.91 Å². The van der Waals surface area contributed by atoms with Crippen LogP contribution in [0, 0.1) is 5.82 Å². The van der Waals surface area contributed by atoms with Gasteiger partial charge < -0.3 is 15.4 Å². The van der Waals surface area contributed by atoms with Gasteiger partial charge in [0.05, 0.1) is 17.9 Å². The lowest BCUT2D eigenvalue weighted by Gasteiger charge is -2.24. The highest BCUT2D eigenvalue weighted by Gasteiger charge is 2.30. The molecule has 3 rings (SSSR count). The van der Waals surface area contributed by atoms with Crippen molar-refractivity contribution in [2.75, 3.05) is 18.1 Å². The number of benzene rings is 2. The molecule has 0 saturated heterocycles. The first-order chi connectivity index (χ1) is 12.5. The molecule has 1 heterocycles. The van der Waals surface area contributed by atoms with Gasteiger partial charge in [-0.2, -0.15) is 0 Å². The molecule has 1 amide bonds. The molecule has 134 valence electrons. The number of benzodiazepines with no additional fused rings is 1. The number of esters is 1. The van der Waals surface area contributed by atoms with Crippen molar-refractivity contribution in [1.82, 2.24) is 0 Å². The van der Waals surface area contributed by atoms with E-state index in [1.54, 1.807) is 42.5 Å². The van der Waals surface area contributed by atoms with Crippen LogP contribution in [0.25, 0.3) is 0 Å². The topological polar surface area (TPSA) is 85.0 Å². The molecule has 1 atom stereocenters.